The molecule has 6 nitrogen and oxygen atoms in total. The molecule has 0 spiro atoms. The number of nitrogens with zero attached hydrogens (tertiary/aromatic N) is 4. The van der Waals surface area contributed by atoms with Crippen molar-refractivity contribution in [1.29, 1.82) is 0 Å². The van der Waals surface area contributed by atoms with Gasteiger partial charge in [-0.2, -0.15) is 5.10 Å². The van der Waals surface area contributed by atoms with Gasteiger partial charge in [0, 0.05) is 30.8 Å². The Morgan fingerprint density at radius 1 is 1.10 bits per heavy atom. The summed E-state index contributed by atoms with van der Waals surface area (Å²) < 4.78 is 42.9. The molecule has 1 aliphatic rings. The molecule has 0 bridgehead atoms. The lowest BCUT2D eigenvalue weighted by Gasteiger charge is -2.33. The molecule has 1 aromatic carbocycles. The van der Waals surface area contributed by atoms with Gasteiger partial charge in [0.2, 0.25) is 0 Å². The number of anilines is 1. The number of H-pyrrole nitrogens is 1. The van der Waals surface area contributed by atoms with E-state index in [2.05, 4.69) is 24.7 Å². The van der Waals surface area contributed by atoms with Gasteiger partial charge in [-0.05, 0) is 51.0 Å². The molecule has 4 rings (SSSR count). The lowest BCUT2D eigenvalue weighted by atomic mass is 9.92. The summed E-state index contributed by atoms with van der Waals surface area (Å²) in [6.45, 7) is 5.66. The summed E-state index contributed by atoms with van der Waals surface area (Å²) in [6, 6.07) is 7.76. The fourth-order valence-electron chi connectivity index (χ4n) is 3.85. The third kappa shape index (κ3) is 4.23. The predicted molar refractivity (Wildman–Crippen MR) is 102 cm³/mol. The van der Waals surface area contributed by atoms with Crippen molar-refractivity contribution in [1.82, 2.24) is 19.7 Å². The second kappa shape index (κ2) is 7.46. The molecule has 0 unspecified atom stereocenters. The van der Waals surface area contributed by atoms with Crippen LogP contribution >= 0.6 is 0 Å². The Bertz CT molecular complexity index is 969. The fourth-order valence-corrected chi connectivity index (χ4v) is 3.85. The molecule has 0 amide bonds. The maximum absolute atomic E-state index is 12.4. The van der Waals surface area contributed by atoms with Crippen LogP contribution in [0.4, 0.5) is 19.0 Å². The zero-order valence-electron chi connectivity index (χ0n) is 16.2. The highest BCUT2D eigenvalue weighted by Gasteiger charge is 2.31. The van der Waals surface area contributed by atoms with Crippen LogP contribution in [-0.2, 0) is 0 Å². The minimum atomic E-state index is -4.70. The lowest BCUT2D eigenvalue weighted by molar-refractivity contribution is -0.274. The highest BCUT2D eigenvalue weighted by atomic mass is 19.4. The first-order valence-corrected chi connectivity index (χ1v) is 9.48. The van der Waals surface area contributed by atoms with Crippen LogP contribution in [0.1, 0.15) is 35.8 Å². The van der Waals surface area contributed by atoms with Crippen molar-refractivity contribution in [3.05, 3.63) is 53.7 Å². The maximum Gasteiger partial charge on any atom is 0.573 e. The summed E-state index contributed by atoms with van der Waals surface area (Å²) in [4.78, 5) is 9.86. The molecule has 0 aliphatic carbocycles. The number of imidazole rings is 1. The van der Waals surface area contributed by atoms with E-state index in [0.717, 1.165) is 48.8 Å². The second-order valence-electron chi connectivity index (χ2n) is 7.27. The van der Waals surface area contributed by atoms with E-state index in [0.29, 0.717) is 11.6 Å². The predicted octanol–water partition coefficient (Wildman–Crippen LogP) is 4.49. The summed E-state index contributed by atoms with van der Waals surface area (Å²) in [5.74, 6) is 1.11. The SMILES string of the molecule is Cc1cc(N2CCC(c3nc[nH]c3C)CC2)n(-c2ccc(OC(F)(F)F)cc2)n1. The quantitative estimate of drug-likeness (QED) is 0.695. The Labute approximate surface area is 166 Å². The molecule has 3 heterocycles. The van der Waals surface area contributed by atoms with Crippen molar-refractivity contribution < 1.29 is 17.9 Å². The molecular formula is C20H22F3N5O. The van der Waals surface area contributed by atoms with Gasteiger partial charge in [0.1, 0.15) is 11.6 Å². The monoisotopic (exact) mass is 405 g/mol. The zero-order valence-corrected chi connectivity index (χ0v) is 16.2. The number of aromatic nitrogens is 4. The molecule has 0 radical (unpaired) electrons. The molecule has 1 saturated heterocycles. The van der Waals surface area contributed by atoms with Crippen molar-refractivity contribution >= 4 is 5.82 Å². The first kappa shape index (κ1) is 19.4. The van der Waals surface area contributed by atoms with Crippen LogP contribution in [0.15, 0.2) is 36.7 Å². The van der Waals surface area contributed by atoms with Gasteiger partial charge in [-0.1, -0.05) is 0 Å². The Kier molecular flexibility index (Phi) is 4.97. The Morgan fingerprint density at radius 2 is 1.79 bits per heavy atom. The van der Waals surface area contributed by atoms with E-state index >= 15 is 0 Å². The number of rotatable bonds is 4. The van der Waals surface area contributed by atoms with Crippen LogP contribution < -0.4 is 9.64 Å². The van der Waals surface area contributed by atoms with E-state index in [1.54, 1.807) is 23.1 Å². The maximum atomic E-state index is 12.4. The standard InChI is InChI=1S/C20H22F3N5O/c1-13-11-18(27-9-7-15(8-10-27)19-14(2)24-12-25-19)28(26-13)16-3-5-17(6-4-16)29-20(21,22)23/h3-6,11-12,15H,7-10H2,1-2H3,(H,24,25). The lowest BCUT2D eigenvalue weighted by Crippen LogP contribution is -2.34. The van der Waals surface area contributed by atoms with Crippen molar-refractivity contribution in [3.8, 4) is 11.4 Å². The van der Waals surface area contributed by atoms with Crippen LogP contribution in [-0.4, -0.2) is 39.2 Å². The molecule has 1 N–H and O–H groups in total. The number of nitrogens with one attached hydrogen (secondary N) is 1. The largest absolute Gasteiger partial charge is 0.573 e. The average Bonchev–Trinajstić information content (AvgIpc) is 3.27. The van der Waals surface area contributed by atoms with Gasteiger partial charge in [-0.3, -0.25) is 0 Å². The molecular weight excluding hydrogens is 383 g/mol. The van der Waals surface area contributed by atoms with Gasteiger partial charge in [-0.25, -0.2) is 9.67 Å². The van der Waals surface area contributed by atoms with Crippen LogP contribution in [0.5, 0.6) is 5.75 Å². The van der Waals surface area contributed by atoms with Crippen molar-refractivity contribution in [3.63, 3.8) is 0 Å². The molecule has 3 aromatic rings. The first-order chi connectivity index (χ1) is 13.8. The topological polar surface area (TPSA) is 59.0 Å². The number of benzene rings is 1. The number of aryl methyl sites for hydroxylation is 2. The molecule has 1 aliphatic heterocycles. The highest BCUT2D eigenvalue weighted by Crippen LogP contribution is 2.32. The Morgan fingerprint density at radius 3 is 2.38 bits per heavy atom. The van der Waals surface area contributed by atoms with Crippen LogP contribution in [0.2, 0.25) is 0 Å². The summed E-state index contributed by atoms with van der Waals surface area (Å²) in [5, 5.41) is 4.54. The Balaban J connectivity index is 1.51. The molecule has 154 valence electrons. The molecule has 29 heavy (non-hydrogen) atoms. The first-order valence-electron chi connectivity index (χ1n) is 9.48. The normalized spacial score (nSPS) is 15.7. The number of ether oxygens (including phenoxy) is 1. The molecule has 0 saturated carbocycles. The molecule has 2 aromatic heterocycles. The van der Waals surface area contributed by atoms with E-state index in [9.17, 15) is 13.2 Å². The number of alkyl halides is 3. The number of aromatic amines is 1. The molecule has 0 atom stereocenters. The van der Waals surface area contributed by atoms with Gasteiger partial charge in [0.25, 0.3) is 0 Å². The summed E-state index contributed by atoms with van der Waals surface area (Å²) in [5.41, 5.74) is 3.79. The van der Waals surface area contributed by atoms with Crippen LogP contribution in [0.3, 0.4) is 0 Å². The zero-order chi connectivity index (χ0) is 20.6. The van der Waals surface area contributed by atoms with E-state index in [4.69, 9.17) is 0 Å². The number of hydrogen-bond acceptors (Lipinski definition) is 4. The fraction of sp³-hybridized carbons (Fsp3) is 0.400. The second-order valence-corrected chi connectivity index (χ2v) is 7.27. The van der Waals surface area contributed by atoms with Crippen molar-refractivity contribution in [2.75, 3.05) is 18.0 Å². The van der Waals surface area contributed by atoms with Crippen LogP contribution in [0.25, 0.3) is 5.69 Å². The minimum absolute atomic E-state index is 0.248. The highest BCUT2D eigenvalue weighted by molar-refractivity contribution is 5.50. The van der Waals surface area contributed by atoms with Gasteiger partial charge >= 0.3 is 6.36 Å². The van der Waals surface area contributed by atoms with Gasteiger partial charge in [0.15, 0.2) is 0 Å². The number of halogens is 3. The van der Waals surface area contributed by atoms with Gasteiger partial charge in [0.05, 0.1) is 23.4 Å². The summed E-state index contributed by atoms with van der Waals surface area (Å²) in [6.07, 6.45) is -1.00. The molecule has 9 heteroatoms. The van der Waals surface area contributed by atoms with Gasteiger partial charge < -0.3 is 14.6 Å². The Hall–Kier alpha value is -2.97. The third-order valence-corrected chi connectivity index (χ3v) is 5.20. The molecule has 1 fully saturated rings. The van der Waals surface area contributed by atoms with E-state index in [1.165, 1.54) is 12.1 Å². The number of hydrogen-bond donors (Lipinski definition) is 1. The van der Waals surface area contributed by atoms with E-state index in [-0.39, 0.29) is 5.75 Å². The van der Waals surface area contributed by atoms with E-state index < -0.39 is 6.36 Å². The van der Waals surface area contributed by atoms with Crippen molar-refractivity contribution in [2.45, 2.75) is 39.0 Å². The third-order valence-electron chi connectivity index (χ3n) is 5.20. The average molecular weight is 405 g/mol. The van der Waals surface area contributed by atoms with Crippen LogP contribution in [0, 0.1) is 13.8 Å². The smallest absolute Gasteiger partial charge is 0.406 e. The van der Waals surface area contributed by atoms with Gasteiger partial charge in [-0.15, -0.1) is 13.2 Å². The summed E-state index contributed by atoms with van der Waals surface area (Å²) in [7, 11) is 0. The van der Waals surface area contributed by atoms with E-state index in [1.807, 2.05) is 19.9 Å². The van der Waals surface area contributed by atoms with Crippen molar-refractivity contribution in [2.24, 2.45) is 0 Å². The minimum Gasteiger partial charge on any atom is -0.406 e. The summed E-state index contributed by atoms with van der Waals surface area (Å²) >= 11 is 0. The number of piperidine rings is 1.